The Bertz CT molecular complexity index is 400. The molecule has 0 amide bonds. The van der Waals surface area contributed by atoms with E-state index in [0.717, 1.165) is 36.3 Å². The maximum atomic E-state index is 12.5. The molecule has 0 saturated heterocycles. The van der Waals surface area contributed by atoms with Crippen molar-refractivity contribution < 1.29 is 8.95 Å². The average molecular weight is 253 g/mol. The number of ether oxygens (including phenoxy) is 1. The van der Waals surface area contributed by atoms with Crippen LogP contribution in [0.1, 0.15) is 25.7 Å². The first kappa shape index (κ1) is 12.6. The molecule has 1 aliphatic rings. The van der Waals surface area contributed by atoms with Crippen molar-refractivity contribution in [3.8, 4) is 5.75 Å². The van der Waals surface area contributed by atoms with Gasteiger partial charge >= 0.3 is 0 Å². The molecule has 2 rings (SSSR count). The van der Waals surface area contributed by atoms with Crippen molar-refractivity contribution in [2.24, 2.45) is 5.73 Å². The highest BCUT2D eigenvalue weighted by molar-refractivity contribution is 7.85. The number of nitrogens with two attached hydrogens (primary N) is 1. The van der Waals surface area contributed by atoms with Gasteiger partial charge in [-0.25, -0.2) is 0 Å². The first-order valence-corrected chi connectivity index (χ1v) is 7.23. The molecule has 1 aromatic rings. The molecule has 4 heteroatoms. The second-order valence-electron chi connectivity index (χ2n) is 4.49. The molecule has 1 fully saturated rings. The zero-order chi connectivity index (χ0) is 12.3. The predicted molar refractivity (Wildman–Crippen MR) is 69.6 cm³/mol. The number of hydrogen-bond acceptors (Lipinski definition) is 3. The Morgan fingerprint density at radius 1 is 1.24 bits per heavy atom. The molecule has 1 atom stereocenters. The second kappa shape index (κ2) is 5.65. The summed E-state index contributed by atoms with van der Waals surface area (Å²) < 4.78 is 17.7. The first-order chi connectivity index (χ1) is 8.22. The lowest BCUT2D eigenvalue weighted by Crippen LogP contribution is -2.31. The third-order valence-corrected chi connectivity index (χ3v) is 5.16. The van der Waals surface area contributed by atoms with Crippen LogP contribution in [0.3, 0.4) is 0 Å². The number of para-hydroxylation sites is 1. The van der Waals surface area contributed by atoms with E-state index in [1.807, 2.05) is 24.3 Å². The summed E-state index contributed by atoms with van der Waals surface area (Å²) in [5.74, 6) is 0.723. The molecule has 3 nitrogen and oxygen atoms in total. The fraction of sp³-hybridized carbons (Fsp3) is 0.538. The van der Waals surface area contributed by atoms with Crippen LogP contribution in [0.4, 0.5) is 0 Å². The smallest absolute Gasteiger partial charge is 0.134 e. The lowest BCUT2D eigenvalue weighted by molar-refractivity contribution is 0.402. The number of methoxy groups -OCH3 is 1. The van der Waals surface area contributed by atoms with Crippen LogP contribution in [0, 0.1) is 0 Å². The molecule has 0 heterocycles. The van der Waals surface area contributed by atoms with Crippen molar-refractivity contribution in [2.45, 2.75) is 41.9 Å². The van der Waals surface area contributed by atoms with Crippen LogP contribution in [0.25, 0.3) is 0 Å². The van der Waals surface area contributed by atoms with Crippen molar-refractivity contribution in [3.63, 3.8) is 0 Å². The van der Waals surface area contributed by atoms with Gasteiger partial charge in [-0.3, -0.25) is 4.21 Å². The molecule has 2 N–H and O–H groups in total. The Balaban J connectivity index is 2.14. The summed E-state index contributed by atoms with van der Waals surface area (Å²) in [6.45, 7) is 0. The number of benzene rings is 1. The van der Waals surface area contributed by atoms with E-state index >= 15 is 0 Å². The molecule has 0 aromatic heterocycles. The highest BCUT2D eigenvalue weighted by Gasteiger charge is 2.25. The molecule has 1 unspecified atom stereocenters. The molecule has 1 saturated carbocycles. The Morgan fingerprint density at radius 2 is 1.88 bits per heavy atom. The van der Waals surface area contributed by atoms with Gasteiger partial charge in [0.05, 0.1) is 22.8 Å². The summed E-state index contributed by atoms with van der Waals surface area (Å²) in [5, 5.41) is 0.228. The van der Waals surface area contributed by atoms with E-state index in [1.165, 1.54) is 0 Å². The molecule has 94 valence electrons. The lowest BCUT2D eigenvalue weighted by atomic mass is 9.96. The van der Waals surface area contributed by atoms with E-state index in [1.54, 1.807) is 7.11 Å². The monoisotopic (exact) mass is 253 g/mol. The summed E-state index contributed by atoms with van der Waals surface area (Å²) in [6.07, 6.45) is 3.86. The molecule has 0 aliphatic heterocycles. The van der Waals surface area contributed by atoms with Crippen molar-refractivity contribution in [1.29, 1.82) is 0 Å². The van der Waals surface area contributed by atoms with Crippen LogP contribution in [0.2, 0.25) is 0 Å². The van der Waals surface area contributed by atoms with Crippen LogP contribution in [0.5, 0.6) is 5.75 Å². The maximum absolute atomic E-state index is 12.5. The normalized spacial score (nSPS) is 26.5. The number of hydrogen-bond donors (Lipinski definition) is 1. The molecular weight excluding hydrogens is 234 g/mol. The standard InChI is InChI=1S/C13H19NO2S/c1-16-12-4-2-3-5-13(12)17(15)11-8-6-10(14)7-9-11/h2-5,10-11H,6-9,14H2,1H3. The van der Waals surface area contributed by atoms with Gasteiger partial charge in [-0.15, -0.1) is 0 Å². The molecule has 1 aliphatic carbocycles. The van der Waals surface area contributed by atoms with Crippen LogP contribution in [-0.4, -0.2) is 22.6 Å². The Morgan fingerprint density at radius 3 is 2.53 bits per heavy atom. The van der Waals surface area contributed by atoms with Crippen LogP contribution in [-0.2, 0) is 10.8 Å². The molecule has 0 radical (unpaired) electrons. The molecule has 0 bridgehead atoms. The van der Waals surface area contributed by atoms with Gasteiger partial charge in [0.1, 0.15) is 5.75 Å². The van der Waals surface area contributed by atoms with E-state index in [0.29, 0.717) is 6.04 Å². The zero-order valence-electron chi connectivity index (χ0n) is 10.1. The Hall–Kier alpha value is -0.870. The van der Waals surface area contributed by atoms with Gasteiger partial charge in [-0.2, -0.15) is 0 Å². The van der Waals surface area contributed by atoms with Crippen LogP contribution < -0.4 is 10.5 Å². The molecule has 0 spiro atoms. The van der Waals surface area contributed by atoms with Gasteiger partial charge in [0.25, 0.3) is 0 Å². The molecule has 1 aromatic carbocycles. The van der Waals surface area contributed by atoms with Gasteiger partial charge in [0, 0.05) is 11.3 Å². The van der Waals surface area contributed by atoms with Crippen LogP contribution in [0.15, 0.2) is 29.2 Å². The fourth-order valence-corrected chi connectivity index (χ4v) is 3.89. The quantitative estimate of drug-likeness (QED) is 0.897. The van der Waals surface area contributed by atoms with E-state index in [-0.39, 0.29) is 5.25 Å². The average Bonchev–Trinajstić information content (AvgIpc) is 2.39. The molecular formula is C13H19NO2S. The van der Waals surface area contributed by atoms with Crippen LogP contribution >= 0.6 is 0 Å². The topological polar surface area (TPSA) is 52.3 Å². The summed E-state index contributed by atoms with van der Waals surface area (Å²) in [6, 6.07) is 7.85. The lowest BCUT2D eigenvalue weighted by Gasteiger charge is -2.25. The fourth-order valence-electron chi connectivity index (χ4n) is 2.27. The summed E-state index contributed by atoms with van der Waals surface area (Å²) >= 11 is 0. The maximum Gasteiger partial charge on any atom is 0.134 e. The van der Waals surface area contributed by atoms with Crippen molar-refractivity contribution >= 4 is 10.8 Å². The van der Waals surface area contributed by atoms with Crippen molar-refractivity contribution in [2.75, 3.05) is 7.11 Å². The SMILES string of the molecule is COc1ccccc1S(=O)C1CCC(N)CC1. The summed E-state index contributed by atoms with van der Waals surface area (Å²) in [4.78, 5) is 0.815. The third kappa shape index (κ3) is 2.87. The summed E-state index contributed by atoms with van der Waals surface area (Å²) in [5.41, 5.74) is 5.87. The van der Waals surface area contributed by atoms with Crippen molar-refractivity contribution in [3.05, 3.63) is 24.3 Å². The minimum absolute atomic E-state index is 0.228. The van der Waals surface area contributed by atoms with Crippen molar-refractivity contribution in [1.82, 2.24) is 0 Å². The highest BCUT2D eigenvalue weighted by Crippen LogP contribution is 2.29. The molecule has 17 heavy (non-hydrogen) atoms. The minimum Gasteiger partial charge on any atom is -0.495 e. The van der Waals surface area contributed by atoms with E-state index in [4.69, 9.17) is 10.5 Å². The van der Waals surface area contributed by atoms with Gasteiger partial charge < -0.3 is 10.5 Å². The van der Waals surface area contributed by atoms with E-state index in [2.05, 4.69) is 0 Å². The van der Waals surface area contributed by atoms with Gasteiger partial charge in [0.2, 0.25) is 0 Å². The largest absolute Gasteiger partial charge is 0.495 e. The number of rotatable bonds is 3. The van der Waals surface area contributed by atoms with E-state index in [9.17, 15) is 4.21 Å². The highest BCUT2D eigenvalue weighted by atomic mass is 32.2. The summed E-state index contributed by atoms with van der Waals surface area (Å²) in [7, 11) is 0.641. The Labute approximate surface area is 105 Å². The minimum atomic E-state index is -0.977. The predicted octanol–water partition coefficient (Wildman–Crippen LogP) is 2.07. The third-order valence-electron chi connectivity index (χ3n) is 3.31. The van der Waals surface area contributed by atoms with Gasteiger partial charge in [0.15, 0.2) is 0 Å². The zero-order valence-corrected chi connectivity index (χ0v) is 10.9. The Kier molecular flexibility index (Phi) is 4.18. The van der Waals surface area contributed by atoms with Gasteiger partial charge in [-0.1, -0.05) is 12.1 Å². The van der Waals surface area contributed by atoms with Gasteiger partial charge in [-0.05, 0) is 37.8 Å². The second-order valence-corrected chi connectivity index (χ2v) is 6.19. The van der Waals surface area contributed by atoms with E-state index < -0.39 is 10.8 Å². The first-order valence-electron chi connectivity index (χ1n) is 6.01.